The zero-order valence-electron chi connectivity index (χ0n) is 14.2. The molecule has 0 aromatic carbocycles. The van der Waals surface area contributed by atoms with E-state index in [-0.39, 0.29) is 11.8 Å². The van der Waals surface area contributed by atoms with Crippen molar-refractivity contribution in [1.82, 2.24) is 10.2 Å². The van der Waals surface area contributed by atoms with Gasteiger partial charge in [-0.25, -0.2) is 0 Å². The summed E-state index contributed by atoms with van der Waals surface area (Å²) in [6.45, 7) is 8.18. The van der Waals surface area contributed by atoms with Crippen LogP contribution in [-0.2, 0) is 9.53 Å². The number of hydrogen-bond donors (Lipinski definition) is 1. The fourth-order valence-corrected chi connectivity index (χ4v) is 2.98. The van der Waals surface area contributed by atoms with Crippen molar-refractivity contribution >= 4 is 5.91 Å². The Hall–Kier alpha value is -0.610. The number of carbonyl (C=O) groups is 1. The number of unbranched alkanes of at least 4 members (excludes halogenated alkanes) is 3. The lowest BCUT2D eigenvalue weighted by molar-refractivity contribution is -0.127. The number of hydrogen-bond acceptors (Lipinski definition) is 3. The molecule has 0 saturated carbocycles. The first-order valence-corrected chi connectivity index (χ1v) is 8.69. The van der Waals surface area contributed by atoms with Crippen molar-refractivity contribution in [3.05, 3.63) is 0 Å². The molecule has 4 heteroatoms. The molecule has 2 unspecified atom stereocenters. The molecule has 1 rings (SSSR count). The van der Waals surface area contributed by atoms with Crippen LogP contribution in [0.1, 0.15) is 58.8 Å². The van der Waals surface area contributed by atoms with Gasteiger partial charge in [-0.2, -0.15) is 0 Å². The molecule has 0 aromatic rings. The van der Waals surface area contributed by atoms with Gasteiger partial charge in [-0.3, -0.25) is 9.69 Å². The van der Waals surface area contributed by atoms with Crippen LogP contribution in [0.2, 0.25) is 0 Å². The van der Waals surface area contributed by atoms with Crippen molar-refractivity contribution in [3.63, 3.8) is 0 Å². The minimum Gasteiger partial charge on any atom is -0.385 e. The van der Waals surface area contributed by atoms with E-state index in [0.717, 1.165) is 58.3 Å². The second kappa shape index (κ2) is 11.0. The van der Waals surface area contributed by atoms with Gasteiger partial charge < -0.3 is 10.1 Å². The molecule has 0 aliphatic carbocycles. The molecule has 0 radical (unpaired) electrons. The van der Waals surface area contributed by atoms with Crippen LogP contribution in [0.4, 0.5) is 0 Å². The van der Waals surface area contributed by atoms with E-state index in [2.05, 4.69) is 24.1 Å². The van der Waals surface area contributed by atoms with Gasteiger partial charge in [0.05, 0.1) is 5.92 Å². The molecule has 1 saturated heterocycles. The fourth-order valence-electron chi connectivity index (χ4n) is 2.98. The Kier molecular flexibility index (Phi) is 9.68. The van der Waals surface area contributed by atoms with E-state index in [1.165, 1.54) is 12.8 Å². The maximum Gasteiger partial charge on any atom is 0.224 e. The summed E-state index contributed by atoms with van der Waals surface area (Å²) in [4.78, 5) is 14.7. The van der Waals surface area contributed by atoms with Gasteiger partial charge in [-0.1, -0.05) is 13.3 Å². The van der Waals surface area contributed by atoms with Gasteiger partial charge in [0.25, 0.3) is 0 Å². The Labute approximate surface area is 130 Å². The molecular formula is C17H34N2O2. The van der Waals surface area contributed by atoms with Crippen molar-refractivity contribution in [2.24, 2.45) is 5.92 Å². The zero-order chi connectivity index (χ0) is 15.5. The van der Waals surface area contributed by atoms with Gasteiger partial charge >= 0.3 is 0 Å². The van der Waals surface area contributed by atoms with Gasteiger partial charge in [0.2, 0.25) is 5.91 Å². The van der Waals surface area contributed by atoms with Crippen LogP contribution in [0.25, 0.3) is 0 Å². The summed E-state index contributed by atoms with van der Waals surface area (Å²) in [5.74, 6) is 0.455. The van der Waals surface area contributed by atoms with Gasteiger partial charge in [-0.05, 0) is 52.0 Å². The molecular weight excluding hydrogens is 264 g/mol. The molecule has 1 N–H and O–H groups in total. The number of rotatable bonds is 10. The number of ether oxygens (including phenoxy) is 1. The number of nitrogens with one attached hydrogen (secondary N) is 1. The van der Waals surface area contributed by atoms with E-state index in [9.17, 15) is 4.79 Å². The monoisotopic (exact) mass is 298 g/mol. The summed E-state index contributed by atoms with van der Waals surface area (Å²) in [6.07, 6.45) is 7.96. The molecule has 4 nitrogen and oxygen atoms in total. The van der Waals surface area contributed by atoms with Crippen molar-refractivity contribution < 1.29 is 9.53 Å². The fraction of sp³-hybridized carbons (Fsp3) is 0.941. The van der Waals surface area contributed by atoms with E-state index in [1.807, 2.05) is 0 Å². The van der Waals surface area contributed by atoms with E-state index in [0.29, 0.717) is 6.04 Å². The van der Waals surface area contributed by atoms with Crippen LogP contribution in [0.3, 0.4) is 0 Å². The lowest BCUT2D eigenvalue weighted by Gasteiger charge is -2.37. The number of amides is 1. The molecule has 0 aromatic heterocycles. The second-order valence-corrected chi connectivity index (χ2v) is 6.32. The Bertz CT molecular complexity index is 284. The van der Waals surface area contributed by atoms with Crippen molar-refractivity contribution in [1.29, 1.82) is 0 Å². The lowest BCUT2D eigenvalue weighted by Crippen LogP contribution is -2.47. The largest absolute Gasteiger partial charge is 0.385 e. The van der Waals surface area contributed by atoms with Crippen LogP contribution in [0, 0.1) is 5.92 Å². The average Bonchev–Trinajstić information content (AvgIpc) is 2.49. The topological polar surface area (TPSA) is 41.6 Å². The predicted molar refractivity (Wildman–Crippen MR) is 87.4 cm³/mol. The molecule has 21 heavy (non-hydrogen) atoms. The summed E-state index contributed by atoms with van der Waals surface area (Å²) in [7, 11) is 1.76. The molecule has 124 valence electrons. The first kappa shape index (κ1) is 18.4. The minimum atomic E-state index is 0.192. The van der Waals surface area contributed by atoms with E-state index in [1.54, 1.807) is 7.11 Å². The van der Waals surface area contributed by atoms with Crippen LogP contribution in [-0.4, -0.2) is 50.2 Å². The smallest absolute Gasteiger partial charge is 0.224 e. The van der Waals surface area contributed by atoms with E-state index < -0.39 is 0 Å². The first-order chi connectivity index (χ1) is 10.2. The van der Waals surface area contributed by atoms with Crippen molar-refractivity contribution in [2.45, 2.75) is 64.8 Å². The highest BCUT2D eigenvalue weighted by molar-refractivity contribution is 5.78. The second-order valence-electron chi connectivity index (χ2n) is 6.32. The molecule has 1 fully saturated rings. The number of nitrogens with zero attached hydrogens (tertiary/aromatic N) is 1. The first-order valence-electron chi connectivity index (χ1n) is 8.69. The Morgan fingerprint density at radius 2 is 2.05 bits per heavy atom. The SMILES string of the molecule is CCCCNC(=O)C1CCC(C)N(CCCCCOC)C1. The summed E-state index contributed by atoms with van der Waals surface area (Å²) < 4.78 is 5.08. The highest BCUT2D eigenvalue weighted by Gasteiger charge is 2.29. The van der Waals surface area contributed by atoms with Crippen LogP contribution >= 0.6 is 0 Å². The molecule has 1 amide bonds. The van der Waals surface area contributed by atoms with E-state index in [4.69, 9.17) is 4.74 Å². The maximum atomic E-state index is 12.2. The van der Waals surface area contributed by atoms with Gasteiger partial charge in [0, 0.05) is 32.8 Å². The average molecular weight is 298 g/mol. The third kappa shape index (κ3) is 7.28. The van der Waals surface area contributed by atoms with Crippen molar-refractivity contribution in [2.75, 3.05) is 33.4 Å². The van der Waals surface area contributed by atoms with Crippen LogP contribution in [0.15, 0.2) is 0 Å². The molecule has 2 atom stereocenters. The summed E-state index contributed by atoms with van der Waals surface area (Å²) in [6, 6.07) is 0.618. The highest BCUT2D eigenvalue weighted by atomic mass is 16.5. The minimum absolute atomic E-state index is 0.192. The number of methoxy groups -OCH3 is 1. The molecule has 1 heterocycles. The predicted octanol–water partition coefficient (Wildman–Crippen LogP) is 2.82. The zero-order valence-corrected chi connectivity index (χ0v) is 14.2. The molecule has 1 aliphatic heterocycles. The van der Waals surface area contributed by atoms with Crippen LogP contribution < -0.4 is 5.32 Å². The number of likely N-dealkylation sites (tertiary alicyclic amines) is 1. The Morgan fingerprint density at radius 3 is 2.76 bits per heavy atom. The molecule has 0 spiro atoms. The van der Waals surface area contributed by atoms with Crippen LogP contribution in [0.5, 0.6) is 0 Å². The molecule has 0 bridgehead atoms. The van der Waals surface area contributed by atoms with Crippen molar-refractivity contribution in [3.8, 4) is 0 Å². The Balaban J connectivity index is 2.27. The standard InChI is InChI=1S/C17H34N2O2/c1-4-5-11-18-17(20)16-10-9-15(2)19(14-16)12-7-6-8-13-21-3/h15-16H,4-14H2,1-3H3,(H,18,20). The lowest BCUT2D eigenvalue weighted by atomic mass is 9.92. The summed E-state index contributed by atoms with van der Waals surface area (Å²) >= 11 is 0. The maximum absolute atomic E-state index is 12.2. The molecule has 1 aliphatic rings. The third-order valence-corrected chi connectivity index (χ3v) is 4.51. The highest BCUT2D eigenvalue weighted by Crippen LogP contribution is 2.22. The summed E-state index contributed by atoms with van der Waals surface area (Å²) in [5, 5.41) is 3.09. The van der Waals surface area contributed by atoms with Gasteiger partial charge in [-0.15, -0.1) is 0 Å². The van der Waals surface area contributed by atoms with Gasteiger partial charge in [0.15, 0.2) is 0 Å². The number of piperidine rings is 1. The van der Waals surface area contributed by atoms with E-state index >= 15 is 0 Å². The van der Waals surface area contributed by atoms with Gasteiger partial charge in [0.1, 0.15) is 0 Å². The summed E-state index contributed by atoms with van der Waals surface area (Å²) in [5.41, 5.74) is 0. The quantitative estimate of drug-likeness (QED) is 0.631. The third-order valence-electron chi connectivity index (χ3n) is 4.51. The number of carbonyl (C=O) groups excluding carboxylic acids is 1. The normalized spacial score (nSPS) is 23.2. The Morgan fingerprint density at radius 1 is 1.24 bits per heavy atom.